The first-order valence-corrected chi connectivity index (χ1v) is 20.8. The minimum Gasteiger partial charge on any atom is -0.466 e. The first-order valence-electron chi connectivity index (χ1n) is 20.8. The van der Waals surface area contributed by atoms with Crippen LogP contribution < -0.4 is 0 Å². The Morgan fingerprint density at radius 3 is 1.26 bits per heavy atom. The van der Waals surface area contributed by atoms with E-state index < -0.39 is 12.2 Å². The van der Waals surface area contributed by atoms with Gasteiger partial charge in [0.1, 0.15) is 0 Å². The van der Waals surface area contributed by atoms with Gasteiger partial charge in [0.05, 0.1) is 38.8 Å². The minimum atomic E-state index is -0.450. The van der Waals surface area contributed by atoms with Crippen LogP contribution in [-0.2, 0) is 38.1 Å². The summed E-state index contributed by atoms with van der Waals surface area (Å²) in [6.07, 6.45) is 26.5. The molecule has 0 fully saturated rings. The molecule has 0 aromatic rings. The van der Waals surface area contributed by atoms with Crippen LogP contribution >= 0.6 is 0 Å². The van der Waals surface area contributed by atoms with Crippen LogP contribution in [0.2, 0.25) is 0 Å². The summed E-state index contributed by atoms with van der Waals surface area (Å²) in [7, 11) is 0. The van der Waals surface area contributed by atoms with Crippen molar-refractivity contribution >= 4 is 17.9 Å². The van der Waals surface area contributed by atoms with Crippen LogP contribution in [0.1, 0.15) is 194 Å². The molecular weight excluding hydrogens is 636 g/mol. The molecule has 50 heavy (non-hydrogen) atoms. The molecule has 0 amide bonds. The minimum absolute atomic E-state index is 0.00462. The number of aliphatic hydroxyl groups is 1. The molecular formula is C41H78O9. The van der Waals surface area contributed by atoms with Crippen molar-refractivity contribution in [3.63, 3.8) is 0 Å². The van der Waals surface area contributed by atoms with Gasteiger partial charge in [-0.05, 0) is 32.1 Å². The molecule has 0 aliphatic rings. The highest BCUT2D eigenvalue weighted by Crippen LogP contribution is 2.14. The lowest BCUT2D eigenvalue weighted by molar-refractivity contribution is -0.161. The molecule has 296 valence electrons. The topological polar surface area (TPSA) is 118 Å². The zero-order valence-corrected chi connectivity index (χ0v) is 32.7. The normalized spacial score (nSPS) is 11.9. The number of ether oxygens (including phenoxy) is 5. The number of carbonyl (C=O) groups is 3. The fourth-order valence-corrected chi connectivity index (χ4v) is 5.57. The SMILES string of the molecule is CCCCCCCCOC(CCC(=O)OC[C@H](CO)COC(=O)CCCCCCCCCCC(=O)OCCCCC)OCCCCCCCC. The Hall–Kier alpha value is -1.71. The third-order valence-electron chi connectivity index (χ3n) is 8.93. The molecule has 0 heterocycles. The molecule has 0 aromatic heterocycles. The fourth-order valence-electron chi connectivity index (χ4n) is 5.57. The molecule has 0 aliphatic carbocycles. The second kappa shape index (κ2) is 38.5. The van der Waals surface area contributed by atoms with Gasteiger partial charge in [0, 0.05) is 32.5 Å². The summed E-state index contributed by atoms with van der Waals surface area (Å²) in [6.45, 7) is 8.16. The predicted molar refractivity (Wildman–Crippen MR) is 201 cm³/mol. The van der Waals surface area contributed by atoms with E-state index >= 15 is 0 Å². The first-order chi connectivity index (χ1) is 24.5. The second-order valence-corrected chi connectivity index (χ2v) is 13.9. The molecule has 0 bridgehead atoms. The van der Waals surface area contributed by atoms with E-state index in [1.54, 1.807) is 0 Å². The molecule has 0 aromatic carbocycles. The highest BCUT2D eigenvalue weighted by molar-refractivity contribution is 5.70. The van der Waals surface area contributed by atoms with E-state index in [0.717, 1.165) is 96.3 Å². The number of carbonyl (C=O) groups excluding carboxylic acids is 3. The zero-order chi connectivity index (χ0) is 36.8. The van der Waals surface area contributed by atoms with Gasteiger partial charge in [-0.2, -0.15) is 0 Å². The molecule has 0 aliphatic heterocycles. The van der Waals surface area contributed by atoms with Gasteiger partial charge in [0.2, 0.25) is 0 Å². The number of unbranched alkanes of at least 4 members (excludes halogenated alkanes) is 19. The highest BCUT2D eigenvalue weighted by Gasteiger charge is 2.17. The maximum Gasteiger partial charge on any atom is 0.305 e. The van der Waals surface area contributed by atoms with Crippen molar-refractivity contribution in [3.05, 3.63) is 0 Å². The summed E-state index contributed by atoms with van der Waals surface area (Å²) < 4.78 is 28.0. The van der Waals surface area contributed by atoms with E-state index in [1.165, 1.54) is 51.4 Å². The molecule has 0 unspecified atom stereocenters. The van der Waals surface area contributed by atoms with E-state index in [-0.39, 0.29) is 44.1 Å². The van der Waals surface area contributed by atoms with E-state index in [1.807, 2.05) is 0 Å². The van der Waals surface area contributed by atoms with Crippen LogP contribution in [0.3, 0.4) is 0 Å². The van der Waals surface area contributed by atoms with Crippen LogP contribution in [0.4, 0.5) is 0 Å². The van der Waals surface area contributed by atoms with Crippen molar-refractivity contribution in [3.8, 4) is 0 Å². The van der Waals surface area contributed by atoms with Crippen molar-refractivity contribution in [2.24, 2.45) is 5.92 Å². The Morgan fingerprint density at radius 1 is 0.440 bits per heavy atom. The molecule has 0 spiro atoms. The smallest absolute Gasteiger partial charge is 0.305 e. The molecule has 9 nitrogen and oxygen atoms in total. The fraction of sp³-hybridized carbons (Fsp3) is 0.927. The van der Waals surface area contributed by atoms with E-state index in [0.29, 0.717) is 39.1 Å². The van der Waals surface area contributed by atoms with Gasteiger partial charge in [0.15, 0.2) is 6.29 Å². The summed E-state index contributed by atoms with van der Waals surface area (Å²) in [5, 5.41) is 9.73. The molecule has 9 heteroatoms. The number of aliphatic hydroxyl groups excluding tert-OH is 1. The van der Waals surface area contributed by atoms with Crippen LogP contribution in [0.15, 0.2) is 0 Å². The first kappa shape index (κ1) is 48.3. The summed E-state index contributed by atoms with van der Waals surface area (Å²) in [5.74, 6) is -1.18. The Kier molecular flexibility index (Phi) is 37.2. The van der Waals surface area contributed by atoms with Gasteiger partial charge in [0.25, 0.3) is 0 Å². The van der Waals surface area contributed by atoms with Crippen LogP contribution in [0.5, 0.6) is 0 Å². The van der Waals surface area contributed by atoms with E-state index in [2.05, 4.69) is 20.8 Å². The maximum atomic E-state index is 12.5. The lowest BCUT2D eigenvalue weighted by atomic mass is 10.1. The highest BCUT2D eigenvalue weighted by atomic mass is 16.7. The van der Waals surface area contributed by atoms with Gasteiger partial charge in [-0.15, -0.1) is 0 Å². The van der Waals surface area contributed by atoms with Crippen LogP contribution in [0.25, 0.3) is 0 Å². The van der Waals surface area contributed by atoms with Crippen LogP contribution in [0, 0.1) is 5.92 Å². The summed E-state index contributed by atoms with van der Waals surface area (Å²) in [4.78, 5) is 36.4. The third kappa shape index (κ3) is 34.7. The molecule has 0 radical (unpaired) electrons. The Bertz CT molecular complexity index is 742. The van der Waals surface area contributed by atoms with Gasteiger partial charge >= 0.3 is 17.9 Å². The van der Waals surface area contributed by atoms with Crippen molar-refractivity contribution in [2.75, 3.05) is 39.6 Å². The zero-order valence-electron chi connectivity index (χ0n) is 32.7. The number of rotatable bonds is 39. The average Bonchev–Trinajstić information content (AvgIpc) is 3.12. The van der Waals surface area contributed by atoms with Crippen LogP contribution in [-0.4, -0.2) is 68.9 Å². The molecule has 1 N–H and O–H groups in total. The van der Waals surface area contributed by atoms with Gasteiger partial charge in [-0.1, -0.05) is 136 Å². The summed E-state index contributed by atoms with van der Waals surface area (Å²) in [5.41, 5.74) is 0. The maximum absolute atomic E-state index is 12.5. The lowest BCUT2D eigenvalue weighted by Gasteiger charge is -2.19. The number of esters is 3. The number of hydrogen-bond acceptors (Lipinski definition) is 9. The van der Waals surface area contributed by atoms with Crippen molar-refractivity contribution in [2.45, 2.75) is 200 Å². The molecule has 0 saturated heterocycles. The van der Waals surface area contributed by atoms with Gasteiger partial charge in [-0.25, -0.2) is 0 Å². The Morgan fingerprint density at radius 2 is 0.800 bits per heavy atom. The molecule has 1 atom stereocenters. The summed E-state index contributed by atoms with van der Waals surface area (Å²) in [6, 6.07) is 0. The van der Waals surface area contributed by atoms with Gasteiger partial charge < -0.3 is 28.8 Å². The third-order valence-corrected chi connectivity index (χ3v) is 8.93. The average molecular weight is 715 g/mol. The number of hydrogen-bond donors (Lipinski definition) is 1. The molecule has 0 rings (SSSR count). The Balaban J connectivity index is 4.07. The Labute approximate surface area is 306 Å². The van der Waals surface area contributed by atoms with E-state index in [9.17, 15) is 19.5 Å². The largest absolute Gasteiger partial charge is 0.466 e. The summed E-state index contributed by atoms with van der Waals surface area (Å²) >= 11 is 0. The monoisotopic (exact) mass is 715 g/mol. The lowest BCUT2D eigenvalue weighted by Crippen LogP contribution is -2.25. The van der Waals surface area contributed by atoms with Gasteiger partial charge in [-0.3, -0.25) is 14.4 Å². The van der Waals surface area contributed by atoms with E-state index in [4.69, 9.17) is 23.7 Å². The second-order valence-electron chi connectivity index (χ2n) is 13.9. The van der Waals surface area contributed by atoms with Crippen molar-refractivity contribution in [1.29, 1.82) is 0 Å². The van der Waals surface area contributed by atoms with Crippen molar-refractivity contribution < 1.29 is 43.2 Å². The predicted octanol–water partition coefficient (Wildman–Crippen LogP) is 10.2. The van der Waals surface area contributed by atoms with Crippen molar-refractivity contribution in [1.82, 2.24) is 0 Å². The quantitative estimate of drug-likeness (QED) is 0.0287. The molecule has 0 saturated carbocycles. The standard InChI is InChI=1S/C41H78O9/c1-4-7-10-12-20-25-32-47-41(48-33-26-21-13-11-8-5-2)30-29-40(45)50-36-37(34-42)35-49-39(44)28-23-19-17-15-14-16-18-22-27-38(43)46-31-24-9-6-3/h37,41-42H,4-36H2,1-3H3/t37-/m1/s1.